The van der Waals surface area contributed by atoms with E-state index in [0.29, 0.717) is 33.7 Å². The van der Waals surface area contributed by atoms with E-state index in [-0.39, 0.29) is 10.8 Å². The molecule has 1 aliphatic rings. The van der Waals surface area contributed by atoms with Crippen LogP contribution in [0.15, 0.2) is 63.5 Å². The number of thioether (sulfide) groups is 1. The minimum Gasteiger partial charge on any atom is -0.338 e. The van der Waals surface area contributed by atoms with Crippen molar-refractivity contribution in [3.05, 3.63) is 71.1 Å². The Morgan fingerprint density at radius 2 is 2.13 bits per heavy atom. The molecule has 0 bridgehead atoms. The minimum absolute atomic E-state index is 0.0500. The standard InChI is InChI=1S/C22H20N4O2S2/c1-3-11-26-21(27)18-16(12-17(30-18)14-7-5-4-6-8-14)23-22(26)29-13(2)20-24-19(25-28-20)15-9-10-15/h3-8,12-13,15H,1,9-11H2,2H3. The van der Waals surface area contributed by atoms with Crippen LogP contribution in [0, 0.1) is 0 Å². The Hall–Kier alpha value is -2.71. The largest absolute Gasteiger partial charge is 0.338 e. The van der Waals surface area contributed by atoms with Gasteiger partial charge in [0.25, 0.3) is 5.56 Å². The number of allylic oxidation sites excluding steroid dienone is 1. The lowest BCUT2D eigenvalue weighted by atomic mass is 10.2. The van der Waals surface area contributed by atoms with Gasteiger partial charge >= 0.3 is 0 Å². The van der Waals surface area contributed by atoms with E-state index in [0.717, 1.165) is 29.1 Å². The summed E-state index contributed by atoms with van der Waals surface area (Å²) >= 11 is 2.93. The molecule has 0 aliphatic heterocycles. The quantitative estimate of drug-likeness (QED) is 0.219. The summed E-state index contributed by atoms with van der Waals surface area (Å²) in [7, 11) is 0. The summed E-state index contributed by atoms with van der Waals surface area (Å²) in [5.74, 6) is 1.79. The highest BCUT2D eigenvalue weighted by Crippen LogP contribution is 2.40. The molecule has 1 atom stereocenters. The number of nitrogens with zero attached hydrogens (tertiary/aromatic N) is 4. The van der Waals surface area contributed by atoms with Crippen molar-refractivity contribution in [1.29, 1.82) is 0 Å². The molecule has 0 radical (unpaired) electrons. The lowest BCUT2D eigenvalue weighted by Gasteiger charge is -2.12. The second-order valence-electron chi connectivity index (χ2n) is 7.32. The van der Waals surface area contributed by atoms with Gasteiger partial charge in [0.1, 0.15) is 4.70 Å². The first-order valence-corrected chi connectivity index (χ1v) is 11.5. The molecule has 1 unspecified atom stereocenters. The van der Waals surface area contributed by atoms with Crippen LogP contribution in [-0.2, 0) is 6.54 Å². The number of fused-ring (bicyclic) bond motifs is 1. The van der Waals surface area contributed by atoms with Gasteiger partial charge in [-0.2, -0.15) is 4.98 Å². The van der Waals surface area contributed by atoms with E-state index < -0.39 is 0 Å². The second-order valence-corrected chi connectivity index (χ2v) is 9.68. The summed E-state index contributed by atoms with van der Waals surface area (Å²) in [6.07, 6.45) is 3.96. The van der Waals surface area contributed by atoms with Crippen molar-refractivity contribution in [2.75, 3.05) is 0 Å². The Bertz CT molecular complexity index is 1270. The molecule has 0 saturated heterocycles. The summed E-state index contributed by atoms with van der Waals surface area (Å²) in [5.41, 5.74) is 1.74. The lowest BCUT2D eigenvalue weighted by Crippen LogP contribution is -2.22. The normalized spacial score (nSPS) is 14.8. The van der Waals surface area contributed by atoms with Crippen molar-refractivity contribution in [3.63, 3.8) is 0 Å². The highest BCUT2D eigenvalue weighted by molar-refractivity contribution is 7.99. The number of aromatic nitrogens is 4. The van der Waals surface area contributed by atoms with Crippen molar-refractivity contribution < 1.29 is 4.52 Å². The van der Waals surface area contributed by atoms with E-state index in [1.165, 1.54) is 23.1 Å². The van der Waals surface area contributed by atoms with Crippen molar-refractivity contribution in [2.45, 2.75) is 42.6 Å². The van der Waals surface area contributed by atoms with Gasteiger partial charge in [-0.15, -0.1) is 17.9 Å². The highest BCUT2D eigenvalue weighted by atomic mass is 32.2. The maximum absolute atomic E-state index is 13.2. The first-order valence-electron chi connectivity index (χ1n) is 9.85. The van der Waals surface area contributed by atoms with Gasteiger partial charge in [0.15, 0.2) is 11.0 Å². The fourth-order valence-electron chi connectivity index (χ4n) is 3.24. The molecule has 0 spiro atoms. The van der Waals surface area contributed by atoms with Crippen molar-refractivity contribution in [1.82, 2.24) is 19.7 Å². The van der Waals surface area contributed by atoms with Gasteiger partial charge in [-0.3, -0.25) is 9.36 Å². The van der Waals surface area contributed by atoms with E-state index >= 15 is 0 Å². The third-order valence-corrected chi connectivity index (χ3v) is 7.24. The predicted octanol–water partition coefficient (Wildman–Crippen LogP) is 5.42. The highest BCUT2D eigenvalue weighted by Gasteiger charge is 2.30. The van der Waals surface area contributed by atoms with Crippen LogP contribution in [0.1, 0.15) is 42.6 Å². The number of rotatable bonds is 7. The van der Waals surface area contributed by atoms with Crippen LogP contribution in [0.2, 0.25) is 0 Å². The SMILES string of the molecule is C=CCn1c(SC(C)c2nc(C3CC3)no2)nc2cc(-c3ccccc3)sc2c1=O. The number of hydrogen-bond donors (Lipinski definition) is 0. The number of thiophene rings is 1. The molecule has 0 amide bonds. The molecule has 1 aliphatic carbocycles. The Morgan fingerprint density at radius 3 is 2.87 bits per heavy atom. The molecule has 4 aromatic rings. The molecular formula is C22H20N4O2S2. The third kappa shape index (κ3) is 3.61. The maximum Gasteiger partial charge on any atom is 0.272 e. The second kappa shape index (κ2) is 7.85. The van der Waals surface area contributed by atoms with Crippen LogP contribution in [0.3, 0.4) is 0 Å². The van der Waals surface area contributed by atoms with Crippen molar-refractivity contribution in [2.24, 2.45) is 0 Å². The summed E-state index contributed by atoms with van der Waals surface area (Å²) in [5, 5.41) is 4.62. The van der Waals surface area contributed by atoms with Crippen LogP contribution in [0.5, 0.6) is 0 Å². The fraction of sp³-hybridized carbons (Fsp3) is 0.273. The van der Waals surface area contributed by atoms with Gasteiger partial charge < -0.3 is 4.52 Å². The lowest BCUT2D eigenvalue weighted by molar-refractivity contribution is 0.374. The monoisotopic (exact) mass is 436 g/mol. The molecule has 152 valence electrons. The van der Waals surface area contributed by atoms with Crippen LogP contribution >= 0.6 is 23.1 Å². The average Bonchev–Trinajstić information content (AvgIpc) is 3.32. The smallest absolute Gasteiger partial charge is 0.272 e. The van der Waals surface area contributed by atoms with Crippen molar-refractivity contribution >= 4 is 33.3 Å². The molecule has 6 nitrogen and oxygen atoms in total. The van der Waals surface area contributed by atoms with E-state index in [4.69, 9.17) is 9.51 Å². The summed E-state index contributed by atoms with van der Waals surface area (Å²) < 4.78 is 7.79. The number of hydrogen-bond acceptors (Lipinski definition) is 7. The molecule has 0 N–H and O–H groups in total. The number of benzene rings is 1. The predicted molar refractivity (Wildman–Crippen MR) is 120 cm³/mol. The molecule has 3 heterocycles. The van der Waals surface area contributed by atoms with Crippen LogP contribution in [0.4, 0.5) is 0 Å². The average molecular weight is 437 g/mol. The van der Waals surface area contributed by atoms with Crippen LogP contribution in [-0.4, -0.2) is 19.7 Å². The zero-order valence-corrected chi connectivity index (χ0v) is 18.1. The molecular weight excluding hydrogens is 416 g/mol. The zero-order chi connectivity index (χ0) is 20.7. The first kappa shape index (κ1) is 19.3. The van der Waals surface area contributed by atoms with Crippen molar-refractivity contribution in [3.8, 4) is 10.4 Å². The van der Waals surface area contributed by atoms with Gasteiger partial charge in [0.05, 0.1) is 10.8 Å². The fourth-order valence-corrected chi connectivity index (χ4v) is 5.24. The van der Waals surface area contributed by atoms with E-state index in [1.807, 2.05) is 43.3 Å². The van der Waals surface area contributed by atoms with Gasteiger partial charge in [-0.1, -0.05) is 53.3 Å². The van der Waals surface area contributed by atoms with Gasteiger partial charge in [0.2, 0.25) is 5.89 Å². The van der Waals surface area contributed by atoms with Gasteiger partial charge in [-0.25, -0.2) is 4.98 Å². The summed E-state index contributed by atoms with van der Waals surface area (Å²) in [4.78, 5) is 23.6. The minimum atomic E-state index is -0.113. The first-order chi connectivity index (χ1) is 14.6. The maximum atomic E-state index is 13.2. The molecule has 30 heavy (non-hydrogen) atoms. The molecule has 5 rings (SSSR count). The third-order valence-electron chi connectivity index (χ3n) is 5.00. The van der Waals surface area contributed by atoms with E-state index in [1.54, 1.807) is 10.6 Å². The molecule has 3 aromatic heterocycles. The van der Waals surface area contributed by atoms with Crippen LogP contribution < -0.4 is 5.56 Å². The topological polar surface area (TPSA) is 73.8 Å². The summed E-state index contributed by atoms with van der Waals surface area (Å²) in [6, 6.07) is 12.0. The molecule has 8 heteroatoms. The Morgan fingerprint density at radius 1 is 1.33 bits per heavy atom. The van der Waals surface area contributed by atoms with Crippen LogP contribution in [0.25, 0.3) is 20.7 Å². The van der Waals surface area contributed by atoms with E-state index in [2.05, 4.69) is 16.7 Å². The van der Waals surface area contributed by atoms with E-state index in [9.17, 15) is 4.79 Å². The molecule has 1 aromatic carbocycles. The molecule has 1 fully saturated rings. The van der Waals surface area contributed by atoms with Gasteiger partial charge in [0, 0.05) is 17.3 Å². The Balaban J connectivity index is 1.53. The molecule has 1 saturated carbocycles. The summed E-state index contributed by atoms with van der Waals surface area (Å²) in [6.45, 7) is 6.19. The Kier molecular flexibility index (Phi) is 5.04. The van der Waals surface area contributed by atoms with Gasteiger partial charge in [-0.05, 0) is 31.4 Å². The zero-order valence-electron chi connectivity index (χ0n) is 16.4. The Labute approximate surface area is 181 Å².